The van der Waals surface area contributed by atoms with Gasteiger partial charge < -0.3 is 67.0 Å². The van der Waals surface area contributed by atoms with E-state index in [0.717, 1.165) is 0 Å². The van der Waals surface area contributed by atoms with Gasteiger partial charge in [0.2, 0.25) is 0 Å². The summed E-state index contributed by atoms with van der Waals surface area (Å²) in [7, 11) is 3.33. The summed E-state index contributed by atoms with van der Waals surface area (Å²) < 4.78 is 57.8. The standard InChI is InChI=1S/C20H37NO8.C17H33NO8/c1-6-9-28-18(22)7-10-24-12-14-26-16-17-27-15-13-25-11-8-21(5)19(23)29-20(2,3)4;1-17(2,3)26-16(21)18(4)6-8-23-10-12-25-14-13-24-11-9-22-7-5-15(19)20/h6H,1,7-17H2,2-5H3;5-14H2,1-4H3,(H,19,20). The van der Waals surface area contributed by atoms with Gasteiger partial charge in [0.1, 0.15) is 17.8 Å². The molecule has 0 radical (unpaired) electrons. The highest BCUT2D eigenvalue weighted by molar-refractivity contribution is 5.69. The smallest absolute Gasteiger partial charge is 0.410 e. The average Bonchev–Trinajstić information content (AvgIpc) is 3.09. The van der Waals surface area contributed by atoms with E-state index >= 15 is 0 Å². The Morgan fingerprint density at radius 1 is 0.509 bits per heavy atom. The molecule has 0 rings (SSSR count). The zero-order valence-corrected chi connectivity index (χ0v) is 34.6. The molecule has 0 aromatic rings. The zero-order chi connectivity index (χ0) is 41.8. The second kappa shape index (κ2) is 35.3. The number of carbonyl (C=O) groups is 4. The Morgan fingerprint density at radius 2 is 0.800 bits per heavy atom. The van der Waals surface area contributed by atoms with Crippen molar-refractivity contribution >= 4 is 24.1 Å². The maximum atomic E-state index is 11.8. The SMILES string of the molecule is C=CCOC(=O)CCOCCOCCOCCOCCN(C)C(=O)OC(C)(C)C.CN(CCOCCOCCOCCOCCC(=O)O)C(=O)OC(C)(C)C. The van der Waals surface area contributed by atoms with Crippen LogP contribution in [0.1, 0.15) is 54.4 Å². The summed E-state index contributed by atoms with van der Waals surface area (Å²) in [4.78, 5) is 47.9. The molecule has 0 aromatic heterocycles. The van der Waals surface area contributed by atoms with Gasteiger partial charge in [0, 0.05) is 27.2 Å². The second-order valence-corrected chi connectivity index (χ2v) is 13.6. The Kier molecular flexibility index (Phi) is 34.7. The third kappa shape index (κ3) is 43.5. The van der Waals surface area contributed by atoms with Crippen molar-refractivity contribution in [2.45, 2.75) is 65.6 Å². The lowest BCUT2D eigenvalue weighted by Gasteiger charge is -2.24. The number of nitrogens with zero attached hydrogens (tertiary/aromatic N) is 2. The lowest BCUT2D eigenvalue weighted by molar-refractivity contribution is -0.143. The summed E-state index contributed by atoms with van der Waals surface area (Å²) in [6.45, 7) is 22.0. The molecule has 324 valence electrons. The van der Waals surface area contributed by atoms with Crippen LogP contribution in [0.5, 0.6) is 0 Å². The minimum Gasteiger partial charge on any atom is -0.481 e. The van der Waals surface area contributed by atoms with Gasteiger partial charge in [-0.3, -0.25) is 9.59 Å². The van der Waals surface area contributed by atoms with E-state index < -0.39 is 17.2 Å². The Balaban J connectivity index is 0. The monoisotopic (exact) mass is 798 g/mol. The van der Waals surface area contributed by atoms with Crippen molar-refractivity contribution in [3.8, 4) is 0 Å². The van der Waals surface area contributed by atoms with E-state index in [4.69, 9.17) is 57.2 Å². The van der Waals surface area contributed by atoms with Crippen molar-refractivity contribution in [2.75, 3.05) is 140 Å². The van der Waals surface area contributed by atoms with E-state index in [-0.39, 0.29) is 44.2 Å². The summed E-state index contributed by atoms with van der Waals surface area (Å²) in [5.41, 5.74) is -1.01. The molecular formula is C37H70N2O16. The molecule has 0 fully saturated rings. The Labute approximate surface area is 327 Å². The predicted molar refractivity (Wildman–Crippen MR) is 202 cm³/mol. The van der Waals surface area contributed by atoms with Crippen LogP contribution in [0.25, 0.3) is 0 Å². The first-order valence-electron chi connectivity index (χ1n) is 18.5. The Bertz CT molecular complexity index is 987. The molecule has 0 heterocycles. The fourth-order valence-corrected chi connectivity index (χ4v) is 3.33. The van der Waals surface area contributed by atoms with Crippen molar-refractivity contribution in [2.24, 2.45) is 0 Å². The molecule has 55 heavy (non-hydrogen) atoms. The number of likely N-dealkylation sites (N-methyl/N-ethyl adjacent to an activating group) is 2. The zero-order valence-electron chi connectivity index (χ0n) is 34.6. The maximum Gasteiger partial charge on any atom is 0.410 e. The van der Waals surface area contributed by atoms with Crippen LogP contribution in [0.2, 0.25) is 0 Å². The van der Waals surface area contributed by atoms with Gasteiger partial charge in [-0.05, 0) is 41.5 Å². The number of aliphatic carboxylic acids is 1. The molecule has 18 heteroatoms. The van der Waals surface area contributed by atoms with Crippen LogP contribution >= 0.6 is 0 Å². The molecule has 0 atom stereocenters. The number of rotatable bonds is 32. The molecule has 1 N–H and O–H groups in total. The number of hydrogen-bond acceptors (Lipinski definition) is 15. The number of carbonyl (C=O) groups excluding carboxylic acids is 3. The lowest BCUT2D eigenvalue weighted by Crippen LogP contribution is -2.36. The maximum absolute atomic E-state index is 11.8. The summed E-state index contributed by atoms with van der Waals surface area (Å²) in [6, 6.07) is 0. The fraction of sp³-hybridized carbons (Fsp3) is 0.838. The van der Waals surface area contributed by atoms with E-state index in [1.807, 2.05) is 41.5 Å². The highest BCUT2D eigenvalue weighted by Gasteiger charge is 2.20. The first kappa shape index (κ1) is 54.0. The number of carboxylic acids is 1. The van der Waals surface area contributed by atoms with Gasteiger partial charge in [-0.1, -0.05) is 12.7 Å². The predicted octanol–water partition coefficient (Wildman–Crippen LogP) is 3.43. The summed E-state index contributed by atoms with van der Waals surface area (Å²) in [6.07, 6.45) is 0.986. The first-order valence-corrected chi connectivity index (χ1v) is 18.5. The van der Waals surface area contributed by atoms with Gasteiger partial charge in [-0.15, -0.1) is 0 Å². The number of ether oxygens (including phenoxy) is 11. The van der Waals surface area contributed by atoms with Crippen molar-refractivity contribution < 1.29 is 76.4 Å². The normalized spacial score (nSPS) is 11.3. The van der Waals surface area contributed by atoms with E-state index in [0.29, 0.717) is 112 Å². The number of esters is 1. The molecule has 0 bridgehead atoms. The summed E-state index contributed by atoms with van der Waals surface area (Å²) in [5.74, 6) is -1.18. The van der Waals surface area contributed by atoms with Gasteiger partial charge in [-0.2, -0.15) is 0 Å². The molecule has 0 aliphatic carbocycles. The fourth-order valence-electron chi connectivity index (χ4n) is 3.33. The van der Waals surface area contributed by atoms with Crippen molar-refractivity contribution in [3.63, 3.8) is 0 Å². The minimum atomic E-state index is -0.877. The van der Waals surface area contributed by atoms with Crippen LogP contribution < -0.4 is 0 Å². The molecule has 0 saturated heterocycles. The number of carboxylic acid groups (broad SMARTS) is 1. The molecule has 0 aliphatic rings. The molecule has 0 saturated carbocycles. The molecule has 18 nitrogen and oxygen atoms in total. The summed E-state index contributed by atoms with van der Waals surface area (Å²) in [5, 5.41) is 8.42. The molecule has 0 spiro atoms. The van der Waals surface area contributed by atoms with Gasteiger partial charge in [0.15, 0.2) is 0 Å². The molecule has 0 unspecified atom stereocenters. The van der Waals surface area contributed by atoms with Crippen LogP contribution in [0, 0.1) is 0 Å². The van der Waals surface area contributed by atoms with Crippen LogP contribution in [0.4, 0.5) is 9.59 Å². The number of amides is 2. The number of hydrogen-bond donors (Lipinski definition) is 1. The minimum absolute atomic E-state index is 0.00330. The topological polar surface area (TPSA) is 197 Å². The van der Waals surface area contributed by atoms with E-state index in [2.05, 4.69) is 6.58 Å². The van der Waals surface area contributed by atoms with Gasteiger partial charge in [0.25, 0.3) is 0 Å². The van der Waals surface area contributed by atoms with E-state index in [1.54, 1.807) is 14.1 Å². The van der Waals surface area contributed by atoms with Crippen LogP contribution in [0.3, 0.4) is 0 Å². The Morgan fingerprint density at radius 3 is 1.09 bits per heavy atom. The quantitative estimate of drug-likeness (QED) is 0.0449. The van der Waals surface area contributed by atoms with Crippen LogP contribution in [0.15, 0.2) is 12.7 Å². The van der Waals surface area contributed by atoms with Crippen molar-refractivity contribution in [3.05, 3.63) is 12.7 Å². The third-order valence-corrected chi connectivity index (χ3v) is 6.06. The van der Waals surface area contributed by atoms with Crippen molar-refractivity contribution in [1.29, 1.82) is 0 Å². The average molecular weight is 799 g/mol. The lowest BCUT2D eigenvalue weighted by atomic mass is 10.2. The highest BCUT2D eigenvalue weighted by Crippen LogP contribution is 2.09. The summed E-state index contributed by atoms with van der Waals surface area (Å²) >= 11 is 0. The largest absolute Gasteiger partial charge is 0.481 e. The van der Waals surface area contributed by atoms with Gasteiger partial charge in [-0.25, -0.2) is 9.59 Å². The molecule has 0 aliphatic heterocycles. The highest BCUT2D eigenvalue weighted by atomic mass is 16.6. The van der Waals surface area contributed by atoms with Crippen LogP contribution in [-0.2, 0) is 61.7 Å². The van der Waals surface area contributed by atoms with Gasteiger partial charge in [0.05, 0.1) is 119 Å². The van der Waals surface area contributed by atoms with Crippen molar-refractivity contribution in [1.82, 2.24) is 9.80 Å². The first-order chi connectivity index (χ1) is 26.0. The van der Waals surface area contributed by atoms with E-state index in [1.165, 1.54) is 15.9 Å². The van der Waals surface area contributed by atoms with E-state index in [9.17, 15) is 19.2 Å². The Hall–Kier alpha value is -3.10. The second-order valence-electron chi connectivity index (χ2n) is 13.6. The molecular weight excluding hydrogens is 728 g/mol. The van der Waals surface area contributed by atoms with Gasteiger partial charge >= 0.3 is 24.1 Å². The third-order valence-electron chi connectivity index (χ3n) is 6.06. The molecule has 0 aromatic carbocycles. The molecule has 2 amide bonds. The van der Waals surface area contributed by atoms with Crippen LogP contribution in [-0.4, -0.2) is 190 Å².